The van der Waals surface area contributed by atoms with E-state index < -0.39 is 0 Å². The molecule has 124 valence electrons. The van der Waals surface area contributed by atoms with Gasteiger partial charge in [0.05, 0.1) is 18.9 Å². The topological polar surface area (TPSA) is 59.0 Å². The predicted molar refractivity (Wildman–Crippen MR) is 85.6 cm³/mol. The molecule has 2 aliphatic rings. The summed E-state index contributed by atoms with van der Waals surface area (Å²) in [6.45, 7) is 0. The minimum absolute atomic E-state index is 0.00386. The lowest BCUT2D eigenvalue weighted by molar-refractivity contribution is -0.147. The van der Waals surface area contributed by atoms with Gasteiger partial charge in [-0.3, -0.25) is 9.59 Å². The highest BCUT2D eigenvalue weighted by atomic mass is 16.5. The average molecular weight is 308 g/mol. The molecule has 1 atom stereocenters. The fraction of sp³-hybridized carbons (Fsp3) is 0.824. The first-order valence-electron chi connectivity index (χ1n) is 8.39. The monoisotopic (exact) mass is 308 g/mol. The third-order valence-electron chi connectivity index (χ3n) is 4.91. The van der Waals surface area contributed by atoms with Gasteiger partial charge in [0.15, 0.2) is 0 Å². The van der Waals surface area contributed by atoms with Gasteiger partial charge in [0.25, 0.3) is 0 Å². The molecule has 0 spiro atoms. The SMILES string of the molecule is COC(=O)C1CCC(C(=O)C2CCCC/C2=N\N(C)C)CC1. The maximum Gasteiger partial charge on any atom is 0.308 e. The van der Waals surface area contributed by atoms with Crippen LogP contribution >= 0.6 is 0 Å². The maximum absolute atomic E-state index is 12.9. The van der Waals surface area contributed by atoms with Crippen LogP contribution in [-0.4, -0.2) is 43.7 Å². The largest absolute Gasteiger partial charge is 0.469 e. The quantitative estimate of drug-likeness (QED) is 0.592. The Morgan fingerprint density at radius 1 is 1.05 bits per heavy atom. The molecule has 2 aliphatic carbocycles. The number of rotatable bonds is 4. The number of nitrogens with zero attached hydrogens (tertiary/aromatic N) is 2. The summed E-state index contributed by atoms with van der Waals surface area (Å²) in [6.07, 6.45) is 7.28. The maximum atomic E-state index is 12.9. The molecule has 0 radical (unpaired) electrons. The van der Waals surface area contributed by atoms with Crippen LogP contribution in [0.2, 0.25) is 0 Å². The third-order valence-corrected chi connectivity index (χ3v) is 4.91. The van der Waals surface area contributed by atoms with Gasteiger partial charge in [0, 0.05) is 25.7 Å². The van der Waals surface area contributed by atoms with E-state index >= 15 is 0 Å². The Bertz CT molecular complexity index is 437. The lowest BCUT2D eigenvalue weighted by Crippen LogP contribution is -2.36. The highest BCUT2D eigenvalue weighted by Gasteiger charge is 2.36. The second kappa shape index (κ2) is 7.75. The van der Waals surface area contributed by atoms with Crippen LogP contribution in [0.5, 0.6) is 0 Å². The Morgan fingerprint density at radius 2 is 1.68 bits per heavy atom. The molecule has 2 rings (SSSR count). The molecule has 0 aromatic rings. The van der Waals surface area contributed by atoms with E-state index in [-0.39, 0.29) is 23.7 Å². The van der Waals surface area contributed by atoms with Gasteiger partial charge in [0.2, 0.25) is 0 Å². The standard InChI is InChI=1S/C17H28N2O3/c1-19(2)18-15-7-5-4-6-14(15)16(20)12-8-10-13(11-9-12)17(21)22-3/h12-14H,4-11H2,1-3H3/b18-15+. The molecule has 0 amide bonds. The van der Waals surface area contributed by atoms with Crippen molar-refractivity contribution in [3.05, 3.63) is 0 Å². The van der Waals surface area contributed by atoms with Gasteiger partial charge >= 0.3 is 5.97 Å². The molecule has 0 aromatic heterocycles. The number of hydrogen-bond donors (Lipinski definition) is 0. The van der Waals surface area contributed by atoms with E-state index in [0.29, 0.717) is 5.78 Å². The van der Waals surface area contributed by atoms with Crippen LogP contribution in [0.15, 0.2) is 5.10 Å². The fourth-order valence-electron chi connectivity index (χ4n) is 3.74. The summed E-state index contributed by atoms with van der Waals surface area (Å²) < 4.78 is 4.81. The van der Waals surface area contributed by atoms with Crippen LogP contribution in [0.3, 0.4) is 0 Å². The third kappa shape index (κ3) is 4.08. The normalized spacial score (nSPS) is 30.9. The first-order chi connectivity index (χ1) is 10.5. The van der Waals surface area contributed by atoms with E-state index in [1.165, 1.54) is 7.11 Å². The second-order valence-electron chi connectivity index (χ2n) is 6.71. The number of hydrazone groups is 1. The fourth-order valence-corrected chi connectivity index (χ4v) is 3.74. The van der Waals surface area contributed by atoms with Crippen molar-refractivity contribution < 1.29 is 14.3 Å². The van der Waals surface area contributed by atoms with Crippen molar-refractivity contribution in [1.29, 1.82) is 0 Å². The van der Waals surface area contributed by atoms with Crippen molar-refractivity contribution in [3.63, 3.8) is 0 Å². The number of carbonyl (C=O) groups excluding carboxylic acids is 2. The number of methoxy groups -OCH3 is 1. The van der Waals surface area contributed by atoms with Crippen molar-refractivity contribution in [1.82, 2.24) is 5.01 Å². The van der Waals surface area contributed by atoms with Crippen molar-refractivity contribution in [2.45, 2.75) is 51.4 Å². The Morgan fingerprint density at radius 3 is 2.27 bits per heavy atom. The summed E-state index contributed by atoms with van der Waals surface area (Å²) in [5, 5.41) is 6.35. The number of hydrogen-bond acceptors (Lipinski definition) is 5. The van der Waals surface area contributed by atoms with Crippen molar-refractivity contribution in [3.8, 4) is 0 Å². The highest BCUT2D eigenvalue weighted by Crippen LogP contribution is 2.34. The molecule has 22 heavy (non-hydrogen) atoms. The molecular formula is C17H28N2O3. The molecule has 0 bridgehead atoms. The van der Waals surface area contributed by atoms with E-state index in [1.807, 2.05) is 14.1 Å². The molecular weight excluding hydrogens is 280 g/mol. The predicted octanol–water partition coefficient (Wildman–Crippen LogP) is 2.64. The van der Waals surface area contributed by atoms with Gasteiger partial charge < -0.3 is 9.75 Å². The molecule has 0 aromatic carbocycles. The van der Waals surface area contributed by atoms with Gasteiger partial charge in [0.1, 0.15) is 5.78 Å². The van der Waals surface area contributed by atoms with E-state index in [4.69, 9.17) is 4.74 Å². The van der Waals surface area contributed by atoms with E-state index in [2.05, 4.69) is 5.10 Å². The number of Topliss-reactive ketones (excluding diaryl/α,β-unsaturated/α-hetero) is 1. The summed E-state index contributed by atoms with van der Waals surface area (Å²) in [4.78, 5) is 24.5. The van der Waals surface area contributed by atoms with E-state index in [1.54, 1.807) is 5.01 Å². The Labute approximate surface area is 133 Å². The molecule has 2 fully saturated rings. The smallest absolute Gasteiger partial charge is 0.308 e. The summed E-state index contributed by atoms with van der Waals surface area (Å²) in [6, 6.07) is 0. The minimum atomic E-state index is -0.126. The van der Waals surface area contributed by atoms with E-state index in [0.717, 1.165) is 57.1 Å². The van der Waals surface area contributed by atoms with Crippen molar-refractivity contribution in [2.75, 3.05) is 21.2 Å². The molecule has 0 aliphatic heterocycles. The van der Waals surface area contributed by atoms with Crippen molar-refractivity contribution >= 4 is 17.5 Å². The van der Waals surface area contributed by atoms with Gasteiger partial charge in [-0.15, -0.1) is 0 Å². The Hall–Kier alpha value is -1.39. The molecule has 5 nitrogen and oxygen atoms in total. The minimum Gasteiger partial charge on any atom is -0.469 e. The zero-order chi connectivity index (χ0) is 16.1. The second-order valence-corrected chi connectivity index (χ2v) is 6.71. The zero-order valence-corrected chi connectivity index (χ0v) is 14.0. The highest BCUT2D eigenvalue weighted by molar-refractivity contribution is 6.06. The van der Waals surface area contributed by atoms with Gasteiger partial charge in [-0.25, -0.2) is 0 Å². The molecule has 5 heteroatoms. The average Bonchev–Trinajstić information content (AvgIpc) is 2.53. The zero-order valence-electron chi connectivity index (χ0n) is 14.0. The van der Waals surface area contributed by atoms with Gasteiger partial charge in [-0.05, 0) is 44.9 Å². The molecule has 2 saturated carbocycles. The summed E-state index contributed by atoms with van der Waals surface area (Å²) >= 11 is 0. The lowest BCUT2D eigenvalue weighted by Gasteiger charge is -2.31. The van der Waals surface area contributed by atoms with Gasteiger partial charge in [-0.2, -0.15) is 5.10 Å². The van der Waals surface area contributed by atoms with Crippen LogP contribution in [-0.2, 0) is 14.3 Å². The number of ether oxygens (including phenoxy) is 1. The Kier molecular flexibility index (Phi) is 5.98. The molecule has 0 N–H and O–H groups in total. The number of esters is 1. The van der Waals surface area contributed by atoms with Crippen molar-refractivity contribution in [2.24, 2.45) is 22.9 Å². The first kappa shape index (κ1) is 17.0. The number of ketones is 1. The Balaban J connectivity index is 1.97. The van der Waals surface area contributed by atoms with Gasteiger partial charge in [-0.1, -0.05) is 6.42 Å². The number of carbonyl (C=O) groups is 2. The molecule has 0 saturated heterocycles. The molecule has 1 unspecified atom stereocenters. The summed E-state index contributed by atoms with van der Waals surface area (Å²) in [5.74, 6) is 0.296. The van der Waals surface area contributed by atoms with Crippen LogP contribution < -0.4 is 0 Å². The van der Waals surface area contributed by atoms with Crippen LogP contribution in [0.25, 0.3) is 0 Å². The van der Waals surface area contributed by atoms with E-state index in [9.17, 15) is 9.59 Å². The molecule has 0 heterocycles. The summed E-state index contributed by atoms with van der Waals surface area (Å²) in [7, 11) is 5.25. The lowest BCUT2D eigenvalue weighted by atomic mass is 9.73. The van der Waals surface area contributed by atoms with Crippen LogP contribution in [0.4, 0.5) is 0 Å². The first-order valence-corrected chi connectivity index (χ1v) is 8.39. The van der Waals surface area contributed by atoms with Crippen LogP contribution in [0.1, 0.15) is 51.4 Å². The van der Waals surface area contributed by atoms with Crippen LogP contribution in [0, 0.1) is 17.8 Å². The summed E-state index contributed by atoms with van der Waals surface area (Å²) in [5.41, 5.74) is 1.05.